The Morgan fingerprint density at radius 2 is 1.82 bits per heavy atom. The average Bonchev–Trinajstić information content (AvgIpc) is 2.26. The molecule has 0 spiro atoms. The summed E-state index contributed by atoms with van der Waals surface area (Å²) in [6.07, 6.45) is 4.58. The van der Waals surface area contributed by atoms with Gasteiger partial charge in [-0.3, -0.25) is 4.79 Å². The summed E-state index contributed by atoms with van der Waals surface area (Å²) in [5, 5.41) is 10.1. The molecule has 4 nitrogen and oxygen atoms in total. The first-order valence-corrected chi connectivity index (χ1v) is 6.48. The predicted molar refractivity (Wildman–Crippen MR) is 66.4 cm³/mol. The number of carbonyl (C=O) groups excluding carboxylic acids is 1. The average molecular weight is 243 g/mol. The molecule has 1 fully saturated rings. The van der Waals surface area contributed by atoms with Crippen molar-refractivity contribution in [2.45, 2.75) is 70.6 Å². The quantitative estimate of drug-likeness (QED) is 0.738. The van der Waals surface area contributed by atoms with Crippen LogP contribution in [0.15, 0.2) is 0 Å². The summed E-state index contributed by atoms with van der Waals surface area (Å²) < 4.78 is 5.19. The second-order valence-electron chi connectivity index (χ2n) is 5.95. The standard InChI is InChI=1S/C13H25NO3/c1-13(2,3)17-12(16)10(14)11(15)9-7-5-4-6-8-9/h9-11,15H,4-8,14H2,1-3H3/t10-,11-/m0/s1. The van der Waals surface area contributed by atoms with Crippen molar-refractivity contribution in [2.75, 3.05) is 0 Å². The van der Waals surface area contributed by atoms with Gasteiger partial charge in [-0.15, -0.1) is 0 Å². The molecular weight excluding hydrogens is 218 g/mol. The van der Waals surface area contributed by atoms with Crippen molar-refractivity contribution in [3.05, 3.63) is 0 Å². The van der Waals surface area contributed by atoms with Gasteiger partial charge in [0.25, 0.3) is 0 Å². The topological polar surface area (TPSA) is 72.5 Å². The number of hydrogen-bond donors (Lipinski definition) is 2. The largest absolute Gasteiger partial charge is 0.459 e. The van der Waals surface area contributed by atoms with Crippen LogP contribution in [0, 0.1) is 5.92 Å². The van der Waals surface area contributed by atoms with Gasteiger partial charge in [0, 0.05) is 0 Å². The number of ether oxygens (including phenoxy) is 1. The zero-order valence-corrected chi connectivity index (χ0v) is 11.1. The Bertz CT molecular complexity index is 254. The van der Waals surface area contributed by atoms with Crippen molar-refractivity contribution in [3.8, 4) is 0 Å². The van der Waals surface area contributed by atoms with Gasteiger partial charge in [0.1, 0.15) is 11.6 Å². The van der Waals surface area contributed by atoms with E-state index in [9.17, 15) is 9.90 Å². The number of carbonyl (C=O) groups is 1. The third-order valence-electron chi connectivity index (χ3n) is 3.18. The van der Waals surface area contributed by atoms with Crippen molar-refractivity contribution < 1.29 is 14.6 Å². The molecule has 1 saturated carbocycles. The highest BCUT2D eigenvalue weighted by atomic mass is 16.6. The van der Waals surface area contributed by atoms with Crippen molar-refractivity contribution in [1.29, 1.82) is 0 Å². The maximum Gasteiger partial charge on any atom is 0.326 e. The van der Waals surface area contributed by atoms with Crippen LogP contribution in [0.5, 0.6) is 0 Å². The fraction of sp³-hybridized carbons (Fsp3) is 0.923. The third-order valence-corrected chi connectivity index (χ3v) is 3.18. The zero-order valence-electron chi connectivity index (χ0n) is 11.1. The van der Waals surface area contributed by atoms with E-state index in [-0.39, 0.29) is 5.92 Å². The lowest BCUT2D eigenvalue weighted by Gasteiger charge is -2.31. The molecule has 100 valence electrons. The molecule has 0 aromatic rings. The van der Waals surface area contributed by atoms with Gasteiger partial charge in [-0.2, -0.15) is 0 Å². The highest BCUT2D eigenvalue weighted by Crippen LogP contribution is 2.27. The predicted octanol–water partition coefficient (Wildman–Crippen LogP) is 1.60. The summed E-state index contributed by atoms with van der Waals surface area (Å²) in [4.78, 5) is 11.7. The van der Waals surface area contributed by atoms with Crippen LogP contribution in [-0.4, -0.2) is 28.8 Å². The Labute approximate surface area is 104 Å². The third kappa shape index (κ3) is 4.64. The van der Waals surface area contributed by atoms with Crippen LogP contribution >= 0.6 is 0 Å². The fourth-order valence-corrected chi connectivity index (χ4v) is 2.28. The Morgan fingerprint density at radius 1 is 1.29 bits per heavy atom. The minimum absolute atomic E-state index is 0.145. The van der Waals surface area contributed by atoms with E-state index in [0.717, 1.165) is 25.7 Å². The summed E-state index contributed by atoms with van der Waals surface area (Å²) in [6.45, 7) is 5.39. The van der Waals surface area contributed by atoms with Gasteiger partial charge in [-0.1, -0.05) is 19.3 Å². The van der Waals surface area contributed by atoms with E-state index < -0.39 is 23.7 Å². The Kier molecular flexibility index (Phi) is 4.95. The van der Waals surface area contributed by atoms with Crippen LogP contribution in [0.3, 0.4) is 0 Å². The van der Waals surface area contributed by atoms with Gasteiger partial charge >= 0.3 is 5.97 Å². The summed E-state index contributed by atoms with van der Waals surface area (Å²) in [6, 6.07) is -0.919. The number of aliphatic hydroxyl groups is 1. The molecule has 17 heavy (non-hydrogen) atoms. The minimum Gasteiger partial charge on any atom is -0.459 e. The molecule has 0 bridgehead atoms. The number of hydrogen-bond acceptors (Lipinski definition) is 4. The van der Waals surface area contributed by atoms with Gasteiger partial charge < -0.3 is 15.6 Å². The second kappa shape index (κ2) is 5.83. The van der Waals surface area contributed by atoms with E-state index in [2.05, 4.69) is 0 Å². The Morgan fingerprint density at radius 3 is 2.29 bits per heavy atom. The SMILES string of the molecule is CC(C)(C)OC(=O)[C@@H](N)[C@@H](O)C1CCCCC1. The van der Waals surface area contributed by atoms with Gasteiger partial charge in [-0.05, 0) is 39.5 Å². The molecule has 0 aromatic heterocycles. The highest BCUT2D eigenvalue weighted by molar-refractivity contribution is 5.76. The number of aliphatic hydroxyl groups excluding tert-OH is 1. The molecule has 0 aromatic carbocycles. The van der Waals surface area contributed by atoms with Gasteiger partial charge in [0.2, 0.25) is 0 Å². The minimum atomic E-state index is -0.919. The second-order valence-corrected chi connectivity index (χ2v) is 5.95. The molecule has 0 saturated heterocycles. The van der Waals surface area contributed by atoms with Crippen LogP contribution in [-0.2, 0) is 9.53 Å². The molecule has 1 aliphatic rings. The lowest BCUT2D eigenvalue weighted by molar-refractivity contribution is -0.160. The van der Waals surface area contributed by atoms with Gasteiger partial charge in [0.15, 0.2) is 0 Å². The lowest BCUT2D eigenvalue weighted by atomic mass is 9.83. The van der Waals surface area contributed by atoms with Crippen LogP contribution < -0.4 is 5.73 Å². The first-order valence-electron chi connectivity index (χ1n) is 6.48. The molecule has 0 amide bonds. The normalized spacial score (nSPS) is 21.9. The maximum atomic E-state index is 11.7. The maximum absolute atomic E-state index is 11.7. The summed E-state index contributed by atoms with van der Waals surface area (Å²) in [7, 11) is 0. The first-order chi connectivity index (χ1) is 7.81. The number of esters is 1. The number of nitrogens with two attached hydrogens (primary N) is 1. The molecule has 3 N–H and O–H groups in total. The molecule has 0 unspecified atom stereocenters. The van der Waals surface area contributed by atoms with Crippen molar-refractivity contribution in [3.63, 3.8) is 0 Å². The van der Waals surface area contributed by atoms with Crippen LogP contribution in [0.4, 0.5) is 0 Å². The molecule has 2 atom stereocenters. The summed E-state index contributed by atoms with van der Waals surface area (Å²) >= 11 is 0. The van der Waals surface area contributed by atoms with Crippen molar-refractivity contribution >= 4 is 5.97 Å². The smallest absolute Gasteiger partial charge is 0.326 e. The van der Waals surface area contributed by atoms with E-state index in [1.165, 1.54) is 6.42 Å². The van der Waals surface area contributed by atoms with Gasteiger partial charge in [0.05, 0.1) is 6.10 Å². The van der Waals surface area contributed by atoms with E-state index in [1.54, 1.807) is 20.8 Å². The summed E-state index contributed by atoms with van der Waals surface area (Å²) in [5.41, 5.74) is 5.22. The van der Waals surface area contributed by atoms with E-state index >= 15 is 0 Å². The molecule has 1 rings (SSSR count). The van der Waals surface area contributed by atoms with Gasteiger partial charge in [-0.25, -0.2) is 0 Å². The van der Waals surface area contributed by atoms with Crippen LogP contribution in [0.1, 0.15) is 52.9 Å². The monoisotopic (exact) mass is 243 g/mol. The molecule has 0 heterocycles. The molecule has 0 aliphatic heterocycles. The van der Waals surface area contributed by atoms with Crippen molar-refractivity contribution in [1.82, 2.24) is 0 Å². The van der Waals surface area contributed by atoms with Crippen molar-refractivity contribution in [2.24, 2.45) is 11.7 Å². The Hall–Kier alpha value is -0.610. The zero-order chi connectivity index (χ0) is 13.1. The summed E-state index contributed by atoms with van der Waals surface area (Å²) in [5.74, 6) is -0.359. The molecule has 1 aliphatic carbocycles. The van der Waals surface area contributed by atoms with E-state index in [0.29, 0.717) is 0 Å². The molecule has 0 radical (unpaired) electrons. The highest BCUT2D eigenvalue weighted by Gasteiger charge is 2.33. The van der Waals surface area contributed by atoms with E-state index in [1.807, 2.05) is 0 Å². The first kappa shape index (κ1) is 14.5. The van der Waals surface area contributed by atoms with Crippen LogP contribution in [0.25, 0.3) is 0 Å². The van der Waals surface area contributed by atoms with Crippen LogP contribution in [0.2, 0.25) is 0 Å². The molecule has 4 heteroatoms. The van der Waals surface area contributed by atoms with E-state index in [4.69, 9.17) is 10.5 Å². The fourth-order valence-electron chi connectivity index (χ4n) is 2.28. The Balaban J connectivity index is 2.50. The number of rotatable bonds is 3. The lowest BCUT2D eigenvalue weighted by Crippen LogP contribution is -2.48. The molecular formula is C13H25NO3.